The molecule has 0 radical (unpaired) electrons. The summed E-state index contributed by atoms with van der Waals surface area (Å²) in [5, 5.41) is 7.99. The average molecular weight is 446 g/mol. The van der Waals surface area contributed by atoms with Crippen molar-refractivity contribution in [3.8, 4) is 27.9 Å². The first-order valence-electron chi connectivity index (χ1n) is 12.3. The smallest absolute Gasteiger partial charge is 0.0547 e. The molecule has 0 fully saturated rings. The first-order chi connectivity index (χ1) is 17.2. The van der Waals surface area contributed by atoms with Crippen LogP contribution in [0.15, 0.2) is 103 Å². The van der Waals surface area contributed by atoms with Crippen molar-refractivity contribution in [3.63, 3.8) is 0 Å². The van der Waals surface area contributed by atoms with E-state index in [-0.39, 0.29) is 0 Å². The van der Waals surface area contributed by atoms with Crippen LogP contribution in [-0.4, -0.2) is 4.57 Å². The molecule has 1 aromatic heterocycles. The third kappa shape index (κ3) is 2.33. The Hall–Kier alpha value is -4.36. The third-order valence-corrected chi connectivity index (χ3v) is 8.14. The zero-order valence-corrected chi connectivity index (χ0v) is 19.8. The van der Waals surface area contributed by atoms with Crippen molar-refractivity contribution < 1.29 is 0 Å². The lowest BCUT2D eigenvalue weighted by Gasteiger charge is -2.14. The largest absolute Gasteiger partial charge is 0.309 e. The van der Waals surface area contributed by atoms with E-state index in [1.54, 1.807) is 0 Å². The number of fused-ring (bicyclic) bond motifs is 8. The number of benzene rings is 6. The molecule has 35 heavy (non-hydrogen) atoms. The van der Waals surface area contributed by atoms with Gasteiger partial charge in [-0.2, -0.15) is 0 Å². The van der Waals surface area contributed by atoms with Crippen LogP contribution in [0.5, 0.6) is 0 Å². The van der Waals surface area contributed by atoms with Gasteiger partial charge in [-0.05, 0) is 81.6 Å². The number of aryl methyl sites for hydroxylation is 2. The lowest BCUT2D eigenvalue weighted by atomic mass is 9.97. The van der Waals surface area contributed by atoms with Crippen LogP contribution in [0.1, 0.15) is 11.1 Å². The SMILES string of the molecule is Cc1ccc2c(ccc3c2c2ccccc2n3-c2ccc3c4c(cccc24)-c2ccccc2-3)c1C. The Morgan fingerprint density at radius 3 is 1.97 bits per heavy atom. The van der Waals surface area contributed by atoms with Gasteiger partial charge in [0, 0.05) is 16.2 Å². The molecule has 8 rings (SSSR count). The van der Waals surface area contributed by atoms with Crippen LogP contribution in [0.2, 0.25) is 0 Å². The molecule has 0 N–H and O–H groups in total. The molecule has 0 saturated carbocycles. The van der Waals surface area contributed by atoms with Gasteiger partial charge >= 0.3 is 0 Å². The maximum absolute atomic E-state index is 2.48. The molecular formula is C34H23N. The number of para-hydroxylation sites is 1. The Labute approximate surface area is 203 Å². The predicted octanol–water partition coefficient (Wildman–Crippen LogP) is 9.35. The summed E-state index contributed by atoms with van der Waals surface area (Å²) in [5.41, 5.74) is 11.8. The molecule has 0 atom stereocenters. The van der Waals surface area contributed by atoms with Gasteiger partial charge in [0.1, 0.15) is 0 Å². The van der Waals surface area contributed by atoms with Gasteiger partial charge in [0.15, 0.2) is 0 Å². The summed E-state index contributed by atoms with van der Waals surface area (Å²) in [7, 11) is 0. The Kier molecular flexibility index (Phi) is 3.59. The molecule has 1 heterocycles. The van der Waals surface area contributed by atoms with Crippen LogP contribution in [0.25, 0.3) is 71.3 Å². The van der Waals surface area contributed by atoms with Gasteiger partial charge in [0.05, 0.1) is 16.7 Å². The van der Waals surface area contributed by atoms with Gasteiger partial charge in [-0.1, -0.05) is 84.9 Å². The maximum Gasteiger partial charge on any atom is 0.0547 e. The normalized spacial score (nSPS) is 12.3. The fourth-order valence-electron chi connectivity index (χ4n) is 6.38. The highest BCUT2D eigenvalue weighted by Gasteiger charge is 2.23. The van der Waals surface area contributed by atoms with Crippen LogP contribution >= 0.6 is 0 Å². The van der Waals surface area contributed by atoms with Crippen molar-refractivity contribution in [2.75, 3.05) is 0 Å². The molecule has 6 aromatic carbocycles. The Balaban J connectivity index is 1.55. The molecule has 0 unspecified atom stereocenters. The van der Waals surface area contributed by atoms with Crippen molar-refractivity contribution in [3.05, 3.63) is 114 Å². The van der Waals surface area contributed by atoms with Crippen LogP contribution < -0.4 is 0 Å². The summed E-state index contributed by atoms with van der Waals surface area (Å²) >= 11 is 0. The van der Waals surface area contributed by atoms with E-state index < -0.39 is 0 Å². The molecule has 1 aliphatic rings. The molecule has 164 valence electrons. The fraction of sp³-hybridized carbons (Fsp3) is 0.0588. The van der Waals surface area contributed by atoms with E-state index in [0.29, 0.717) is 0 Å². The standard InChI is InChI=1S/C34H23N/c1-20-14-15-26-22(21(20)2)16-19-32-34(26)29-10-5-6-13-30(29)35(32)31-18-17-27-24-9-4-3-8-23(24)25-11-7-12-28(31)33(25)27/h3-19H,1-2H3. The lowest BCUT2D eigenvalue weighted by molar-refractivity contribution is 1.20. The zero-order chi connectivity index (χ0) is 23.3. The highest BCUT2D eigenvalue weighted by atomic mass is 15.0. The summed E-state index contributed by atoms with van der Waals surface area (Å²) in [5.74, 6) is 0. The van der Waals surface area contributed by atoms with Gasteiger partial charge in [-0.25, -0.2) is 0 Å². The molecule has 0 saturated heterocycles. The quantitative estimate of drug-likeness (QED) is 0.237. The number of nitrogens with zero attached hydrogens (tertiary/aromatic N) is 1. The predicted molar refractivity (Wildman–Crippen MR) is 150 cm³/mol. The summed E-state index contributed by atoms with van der Waals surface area (Å²) in [4.78, 5) is 0. The molecule has 0 amide bonds. The summed E-state index contributed by atoms with van der Waals surface area (Å²) in [6.45, 7) is 4.44. The minimum absolute atomic E-state index is 1.24. The van der Waals surface area contributed by atoms with Crippen molar-refractivity contribution in [2.45, 2.75) is 13.8 Å². The minimum atomic E-state index is 1.24. The zero-order valence-electron chi connectivity index (χ0n) is 19.8. The molecular weight excluding hydrogens is 422 g/mol. The van der Waals surface area contributed by atoms with E-state index in [9.17, 15) is 0 Å². The minimum Gasteiger partial charge on any atom is -0.309 e. The second-order valence-electron chi connectivity index (χ2n) is 9.82. The van der Waals surface area contributed by atoms with E-state index in [1.807, 2.05) is 0 Å². The molecule has 0 aliphatic heterocycles. The first-order valence-corrected chi connectivity index (χ1v) is 12.3. The van der Waals surface area contributed by atoms with Crippen molar-refractivity contribution in [1.29, 1.82) is 0 Å². The summed E-state index contributed by atoms with van der Waals surface area (Å²) in [6, 6.07) is 38.3. The molecule has 7 aromatic rings. The van der Waals surface area contributed by atoms with Crippen molar-refractivity contribution in [1.82, 2.24) is 4.57 Å². The average Bonchev–Trinajstić information content (AvgIpc) is 3.41. The number of hydrogen-bond acceptors (Lipinski definition) is 0. The van der Waals surface area contributed by atoms with Gasteiger partial charge in [-0.3, -0.25) is 0 Å². The van der Waals surface area contributed by atoms with Crippen LogP contribution in [0.3, 0.4) is 0 Å². The van der Waals surface area contributed by atoms with Crippen molar-refractivity contribution >= 4 is 43.4 Å². The second-order valence-corrected chi connectivity index (χ2v) is 9.82. The lowest BCUT2D eigenvalue weighted by Crippen LogP contribution is -1.96. The number of aromatic nitrogens is 1. The Morgan fingerprint density at radius 2 is 1.11 bits per heavy atom. The molecule has 1 nitrogen and oxygen atoms in total. The van der Waals surface area contributed by atoms with Crippen LogP contribution in [-0.2, 0) is 0 Å². The van der Waals surface area contributed by atoms with Gasteiger partial charge < -0.3 is 4.57 Å². The van der Waals surface area contributed by atoms with Crippen molar-refractivity contribution in [2.24, 2.45) is 0 Å². The Morgan fingerprint density at radius 1 is 0.429 bits per heavy atom. The molecule has 0 spiro atoms. The molecule has 1 aliphatic carbocycles. The number of hydrogen-bond donors (Lipinski definition) is 0. The molecule has 0 bridgehead atoms. The van der Waals surface area contributed by atoms with E-state index in [1.165, 1.54) is 82.4 Å². The van der Waals surface area contributed by atoms with E-state index in [4.69, 9.17) is 0 Å². The third-order valence-electron chi connectivity index (χ3n) is 8.14. The maximum atomic E-state index is 2.48. The highest BCUT2D eigenvalue weighted by molar-refractivity contribution is 6.23. The monoisotopic (exact) mass is 445 g/mol. The van der Waals surface area contributed by atoms with E-state index in [2.05, 4.69) is 122 Å². The first kappa shape index (κ1) is 19.0. The van der Waals surface area contributed by atoms with Gasteiger partial charge in [0.25, 0.3) is 0 Å². The van der Waals surface area contributed by atoms with E-state index >= 15 is 0 Å². The van der Waals surface area contributed by atoms with Crippen LogP contribution in [0, 0.1) is 13.8 Å². The summed E-state index contributed by atoms with van der Waals surface area (Å²) in [6.07, 6.45) is 0. The fourth-order valence-corrected chi connectivity index (χ4v) is 6.38. The molecule has 1 heteroatoms. The highest BCUT2D eigenvalue weighted by Crippen LogP contribution is 2.49. The Bertz CT molecular complexity index is 1990. The van der Waals surface area contributed by atoms with E-state index in [0.717, 1.165) is 0 Å². The van der Waals surface area contributed by atoms with Gasteiger partial charge in [-0.15, -0.1) is 0 Å². The van der Waals surface area contributed by atoms with Crippen LogP contribution in [0.4, 0.5) is 0 Å². The topological polar surface area (TPSA) is 4.93 Å². The van der Waals surface area contributed by atoms with Gasteiger partial charge in [0.2, 0.25) is 0 Å². The number of rotatable bonds is 1. The second kappa shape index (κ2) is 6.61. The summed E-state index contributed by atoms with van der Waals surface area (Å²) < 4.78 is 2.48.